The number of aliphatic hydroxyl groups is 2. The Hall–Kier alpha value is -0.330. The molecule has 0 aliphatic heterocycles. The van der Waals surface area contributed by atoms with Crippen LogP contribution in [-0.2, 0) is 0 Å². The first kappa shape index (κ1) is 14.6. The number of benzene rings is 1. The second-order valence-electron chi connectivity index (χ2n) is 5.16. The molecule has 1 heterocycles. The van der Waals surface area contributed by atoms with E-state index in [0.717, 1.165) is 11.0 Å². The molecule has 1 aliphatic carbocycles. The van der Waals surface area contributed by atoms with E-state index in [2.05, 4.69) is 20.9 Å². The van der Waals surface area contributed by atoms with Crippen LogP contribution in [0.15, 0.2) is 16.9 Å². The second kappa shape index (κ2) is 5.46. The molecule has 1 aromatic carbocycles. The summed E-state index contributed by atoms with van der Waals surface area (Å²) in [7, 11) is 0. The number of hydrogen-bond donors (Lipinski definition) is 2. The highest BCUT2D eigenvalue weighted by atomic mass is 79.9. The molecule has 2 N–H and O–H groups in total. The fourth-order valence-corrected chi connectivity index (χ4v) is 3.86. The molecular formula is C13H13BrCl2N2O2. The molecule has 1 aromatic heterocycles. The van der Waals surface area contributed by atoms with E-state index in [1.165, 1.54) is 0 Å². The van der Waals surface area contributed by atoms with E-state index in [1.54, 1.807) is 12.1 Å². The van der Waals surface area contributed by atoms with Crippen molar-refractivity contribution >= 4 is 50.2 Å². The highest BCUT2D eigenvalue weighted by molar-refractivity contribution is 9.10. The number of aromatic nitrogens is 2. The minimum atomic E-state index is -0.504. The lowest BCUT2D eigenvalue weighted by atomic mass is 10.1. The molecule has 108 valence electrons. The van der Waals surface area contributed by atoms with Gasteiger partial charge in [0.1, 0.15) is 0 Å². The van der Waals surface area contributed by atoms with Crippen molar-refractivity contribution in [2.45, 2.75) is 25.0 Å². The number of aliphatic hydroxyl groups excluding tert-OH is 2. The number of halogens is 3. The summed E-state index contributed by atoms with van der Waals surface area (Å²) in [6.45, 7) is 0.0877. The molecule has 0 spiro atoms. The Balaban J connectivity index is 2.11. The lowest BCUT2D eigenvalue weighted by Crippen LogP contribution is -2.18. The van der Waals surface area contributed by atoms with Gasteiger partial charge >= 0.3 is 0 Å². The van der Waals surface area contributed by atoms with E-state index >= 15 is 0 Å². The van der Waals surface area contributed by atoms with E-state index in [-0.39, 0.29) is 18.6 Å². The Bertz CT molecular complexity index is 661. The third-order valence-corrected chi connectivity index (χ3v) is 5.15. The lowest BCUT2D eigenvalue weighted by Gasteiger charge is -2.18. The van der Waals surface area contributed by atoms with Crippen LogP contribution < -0.4 is 0 Å². The Morgan fingerprint density at radius 1 is 1.30 bits per heavy atom. The molecule has 1 fully saturated rings. The molecule has 2 aromatic rings. The first-order valence-corrected chi connectivity index (χ1v) is 7.87. The predicted octanol–water partition coefficient (Wildman–Crippen LogP) is 3.41. The summed E-state index contributed by atoms with van der Waals surface area (Å²) in [6.07, 6.45) is 0.798. The van der Waals surface area contributed by atoms with Crippen LogP contribution in [0.25, 0.3) is 11.0 Å². The standard InChI is InChI=1S/C13H13BrCl2N2O2/c14-13-17-9-3-7(15)8(16)4-10(9)18(13)11-1-6(5-19)2-12(11)20/h3-4,6,11-12,19-20H,1-2,5H2. The fourth-order valence-electron chi connectivity index (χ4n) is 2.90. The van der Waals surface area contributed by atoms with Crippen LogP contribution in [0, 0.1) is 5.92 Å². The first-order chi connectivity index (χ1) is 9.51. The average Bonchev–Trinajstić information content (AvgIpc) is 2.90. The smallest absolute Gasteiger partial charge is 0.178 e. The van der Waals surface area contributed by atoms with Gasteiger partial charge in [0.2, 0.25) is 0 Å². The summed E-state index contributed by atoms with van der Waals surface area (Å²) in [5, 5.41) is 20.4. The Labute approximate surface area is 134 Å². The summed E-state index contributed by atoms with van der Waals surface area (Å²) in [5.74, 6) is 0.113. The van der Waals surface area contributed by atoms with Gasteiger partial charge in [-0.2, -0.15) is 0 Å². The van der Waals surface area contributed by atoms with Crippen LogP contribution >= 0.6 is 39.1 Å². The topological polar surface area (TPSA) is 58.3 Å². The Morgan fingerprint density at radius 3 is 2.65 bits per heavy atom. The lowest BCUT2D eigenvalue weighted by molar-refractivity contribution is 0.132. The van der Waals surface area contributed by atoms with E-state index in [1.807, 2.05) is 4.57 Å². The molecule has 20 heavy (non-hydrogen) atoms. The number of fused-ring (bicyclic) bond motifs is 1. The maximum atomic E-state index is 10.2. The van der Waals surface area contributed by atoms with E-state index in [4.69, 9.17) is 23.2 Å². The summed E-state index contributed by atoms with van der Waals surface area (Å²) in [5.41, 5.74) is 1.56. The molecular weight excluding hydrogens is 367 g/mol. The van der Waals surface area contributed by atoms with Crippen molar-refractivity contribution in [2.75, 3.05) is 6.61 Å². The zero-order valence-electron chi connectivity index (χ0n) is 10.4. The van der Waals surface area contributed by atoms with Crippen molar-refractivity contribution in [1.82, 2.24) is 9.55 Å². The van der Waals surface area contributed by atoms with Gasteiger partial charge in [-0.25, -0.2) is 4.98 Å². The summed E-state index contributed by atoms with van der Waals surface area (Å²) in [6, 6.07) is 3.35. The van der Waals surface area contributed by atoms with Crippen molar-refractivity contribution in [3.05, 3.63) is 26.9 Å². The molecule has 1 saturated carbocycles. The van der Waals surface area contributed by atoms with Gasteiger partial charge in [0.05, 0.1) is 33.2 Å². The van der Waals surface area contributed by atoms with Crippen molar-refractivity contribution in [1.29, 1.82) is 0 Å². The average molecular weight is 380 g/mol. The fraction of sp³-hybridized carbons (Fsp3) is 0.462. The predicted molar refractivity (Wildman–Crippen MR) is 82.3 cm³/mol. The molecule has 3 unspecified atom stereocenters. The zero-order valence-corrected chi connectivity index (χ0v) is 13.5. The number of rotatable bonds is 2. The monoisotopic (exact) mass is 378 g/mol. The van der Waals surface area contributed by atoms with Crippen LogP contribution in [0.2, 0.25) is 10.0 Å². The van der Waals surface area contributed by atoms with Gasteiger partial charge in [0.25, 0.3) is 0 Å². The largest absolute Gasteiger partial charge is 0.396 e. The van der Waals surface area contributed by atoms with E-state index in [0.29, 0.717) is 27.6 Å². The molecule has 7 heteroatoms. The molecule has 0 radical (unpaired) electrons. The normalized spacial score (nSPS) is 26.6. The number of nitrogens with zero attached hydrogens (tertiary/aromatic N) is 2. The molecule has 0 saturated heterocycles. The molecule has 0 amide bonds. The highest BCUT2D eigenvalue weighted by Crippen LogP contribution is 2.40. The van der Waals surface area contributed by atoms with Gasteiger partial charge in [-0.05, 0) is 46.8 Å². The van der Waals surface area contributed by atoms with E-state index in [9.17, 15) is 10.2 Å². The minimum Gasteiger partial charge on any atom is -0.396 e. The van der Waals surface area contributed by atoms with Crippen LogP contribution in [0.5, 0.6) is 0 Å². The van der Waals surface area contributed by atoms with Crippen LogP contribution in [0.3, 0.4) is 0 Å². The van der Waals surface area contributed by atoms with Gasteiger partial charge in [-0.1, -0.05) is 23.2 Å². The summed E-state index contributed by atoms with van der Waals surface area (Å²) >= 11 is 15.5. The molecule has 3 rings (SSSR count). The van der Waals surface area contributed by atoms with Gasteiger partial charge in [-0.15, -0.1) is 0 Å². The third-order valence-electron chi connectivity index (χ3n) is 3.87. The molecule has 0 bridgehead atoms. The first-order valence-electron chi connectivity index (χ1n) is 6.32. The summed E-state index contributed by atoms with van der Waals surface area (Å²) < 4.78 is 2.56. The van der Waals surface area contributed by atoms with Crippen LogP contribution in [0.1, 0.15) is 18.9 Å². The zero-order chi connectivity index (χ0) is 14.4. The quantitative estimate of drug-likeness (QED) is 0.840. The highest BCUT2D eigenvalue weighted by Gasteiger charge is 2.35. The van der Waals surface area contributed by atoms with Gasteiger partial charge in [0, 0.05) is 6.61 Å². The summed E-state index contributed by atoms with van der Waals surface area (Å²) in [4.78, 5) is 4.41. The Kier molecular flexibility index (Phi) is 3.99. The van der Waals surface area contributed by atoms with Crippen molar-refractivity contribution in [3.8, 4) is 0 Å². The van der Waals surface area contributed by atoms with E-state index < -0.39 is 6.10 Å². The van der Waals surface area contributed by atoms with Gasteiger partial charge < -0.3 is 14.8 Å². The Morgan fingerprint density at radius 2 is 2.00 bits per heavy atom. The second-order valence-corrected chi connectivity index (χ2v) is 6.68. The van der Waals surface area contributed by atoms with Crippen molar-refractivity contribution in [3.63, 3.8) is 0 Å². The molecule has 4 nitrogen and oxygen atoms in total. The maximum Gasteiger partial charge on any atom is 0.178 e. The molecule has 1 aliphatic rings. The van der Waals surface area contributed by atoms with Crippen LogP contribution in [-0.4, -0.2) is 32.5 Å². The number of hydrogen-bond acceptors (Lipinski definition) is 3. The van der Waals surface area contributed by atoms with Crippen LogP contribution in [0.4, 0.5) is 0 Å². The molecule has 3 atom stereocenters. The SMILES string of the molecule is OCC1CC(O)C(n2c(Br)nc3cc(Cl)c(Cl)cc32)C1. The number of imidazole rings is 1. The van der Waals surface area contributed by atoms with Gasteiger partial charge in [-0.3, -0.25) is 0 Å². The van der Waals surface area contributed by atoms with Crippen molar-refractivity contribution in [2.24, 2.45) is 5.92 Å². The van der Waals surface area contributed by atoms with Crippen molar-refractivity contribution < 1.29 is 10.2 Å². The minimum absolute atomic E-state index is 0.0877. The maximum absolute atomic E-state index is 10.2. The third kappa shape index (κ3) is 2.35. The van der Waals surface area contributed by atoms with Gasteiger partial charge in [0.15, 0.2) is 4.73 Å².